The quantitative estimate of drug-likeness (QED) is 0.599. The van der Waals surface area contributed by atoms with E-state index in [-0.39, 0.29) is 5.78 Å². The van der Waals surface area contributed by atoms with E-state index in [1.807, 2.05) is 31.2 Å². The first-order valence-electron chi connectivity index (χ1n) is 7.18. The average molecular weight is 312 g/mol. The van der Waals surface area contributed by atoms with E-state index in [2.05, 4.69) is 0 Å². The van der Waals surface area contributed by atoms with Crippen LogP contribution in [0.2, 0.25) is 0 Å². The number of carbonyl (C=O) groups is 1. The number of ether oxygens (including phenoxy) is 3. The summed E-state index contributed by atoms with van der Waals surface area (Å²) in [5.74, 6) is 1.21. The Morgan fingerprint density at radius 1 is 0.957 bits per heavy atom. The van der Waals surface area contributed by atoms with E-state index in [0.717, 1.165) is 11.1 Å². The van der Waals surface area contributed by atoms with Crippen LogP contribution in [0.1, 0.15) is 21.5 Å². The molecule has 0 atom stereocenters. The smallest absolute Gasteiger partial charge is 0.193 e. The number of hydrogen-bond donors (Lipinski definition) is 0. The molecule has 4 heteroatoms. The van der Waals surface area contributed by atoms with Crippen LogP contribution in [0.3, 0.4) is 0 Å². The molecule has 0 amide bonds. The normalized spacial score (nSPS) is 10.6. The molecule has 23 heavy (non-hydrogen) atoms. The topological polar surface area (TPSA) is 44.8 Å². The molecule has 4 nitrogen and oxygen atoms in total. The number of carbonyl (C=O) groups excluding carboxylic acids is 1. The molecule has 0 spiro atoms. The first-order valence-corrected chi connectivity index (χ1v) is 7.18. The fraction of sp³-hybridized carbons (Fsp3) is 0.211. The van der Waals surface area contributed by atoms with E-state index in [1.165, 1.54) is 20.3 Å². The number of aryl methyl sites for hydroxylation is 1. The molecule has 0 unspecified atom stereocenters. The third-order valence-corrected chi connectivity index (χ3v) is 3.56. The van der Waals surface area contributed by atoms with Gasteiger partial charge in [0.2, 0.25) is 0 Å². The second-order valence-corrected chi connectivity index (χ2v) is 4.96. The van der Waals surface area contributed by atoms with Gasteiger partial charge in [0.05, 0.1) is 21.3 Å². The number of ketones is 1. The summed E-state index contributed by atoms with van der Waals surface area (Å²) in [6.07, 6.45) is 3.32. The zero-order valence-electron chi connectivity index (χ0n) is 13.8. The average Bonchev–Trinajstić information content (AvgIpc) is 2.59. The van der Waals surface area contributed by atoms with Crippen molar-refractivity contribution in [3.63, 3.8) is 0 Å². The Labute approximate surface area is 136 Å². The first-order chi connectivity index (χ1) is 11.1. The Hall–Kier alpha value is -2.75. The van der Waals surface area contributed by atoms with E-state index < -0.39 is 0 Å². The molecule has 0 heterocycles. The van der Waals surface area contributed by atoms with Gasteiger partial charge in [-0.3, -0.25) is 4.79 Å². The number of methoxy groups -OCH3 is 3. The van der Waals surface area contributed by atoms with Crippen LogP contribution < -0.4 is 14.2 Å². The Bertz CT molecular complexity index is 707. The highest BCUT2D eigenvalue weighted by Crippen LogP contribution is 2.34. The fourth-order valence-corrected chi connectivity index (χ4v) is 2.27. The van der Waals surface area contributed by atoms with Crippen molar-refractivity contribution in [2.24, 2.45) is 0 Å². The van der Waals surface area contributed by atoms with E-state index >= 15 is 0 Å². The van der Waals surface area contributed by atoms with Crippen LogP contribution in [0.25, 0.3) is 6.08 Å². The Morgan fingerprint density at radius 2 is 1.57 bits per heavy atom. The lowest BCUT2D eigenvalue weighted by molar-refractivity contribution is 0.104. The van der Waals surface area contributed by atoms with Gasteiger partial charge in [-0.1, -0.05) is 30.3 Å². The molecule has 2 rings (SSSR count). The van der Waals surface area contributed by atoms with Crippen molar-refractivity contribution in [3.05, 3.63) is 59.2 Å². The monoisotopic (exact) mass is 312 g/mol. The van der Waals surface area contributed by atoms with Crippen LogP contribution in [0.5, 0.6) is 17.2 Å². The Morgan fingerprint density at radius 3 is 2.09 bits per heavy atom. The molecule has 0 aliphatic heterocycles. The first kappa shape index (κ1) is 16.6. The minimum Gasteiger partial charge on any atom is -0.496 e. The lowest BCUT2D eigenvalue weighted by atomic mass is 10.0. The van der Waals surface area contributed by atoms with E-state index in [9.17, 15) is 4.79 Å². The zero-order valence-corrected chi connectivity index (χ0v) is 13.8. The summed E-state index contributed by atoms with van der Waals surface area (Å²) in [5.41, 5.74) is 2.47. The van der Waals surface area contributed by atoms with Crippen molar-refractivity contribution in [2.75, 3.05) is 21.3 Å². The van der Waals surface area contributed by atoms with Crippen LogP contribution in [0, 0.1) is 6.92 Å². The van der Waals surface area contributed by atoms with Crippen molar-refractivity contribution in [3.8, 4) is 17.2 Å². The Kier molecular flexibility index (Phi) is 5.41. The van der Waals surface area contributed by atoms with Gasteiger partial charge in [0.25, 0.3) is 0 Å². The van der Waals surface area contributed by atoms with Gasteiger partial charge in [-0.05, 0) is 24.1 Å². The van der Waals surface area contributed by atoms with Crippen LogP contribution in [0.4, 0.5) is 0 Å². The summed E-state index contributed by atoms with van der Waals surface area (Å²) in [5, 5.41) is 0. The minimum atomic E-state index is -0.190. The van der Waals surface area contributed by atoms with Crippen LogP contribution in [-0.2, 0) is 0 Å². The molecule has 0 radical (unpaired) electrons. The van der Waals surface area contributed by atoms with Gasteiger partial charge in [-0.2, -0.15) is 0 Å². The second-order valence-electron chi connectivity index (χ2n) is 4.96. The van der Waals surface area contributed by atoms with Crippen LogP contribution in [0.15, 0.2) is 42.5 Å². The maximum atomic E-state index is 12.6. The highest BCUT2D eigenvalue weighted by Gasteiger charge is 2.18. The molecule has 0 fully saturated rings. The molecule has 0 aliphatic carbocycles. The largest absolute Gasteiger partial charge is 0.496 e. The number of hydrogen-bond acceptors (Lipinski definition) is 4. The number of benzene rings is 2. The van der Waals surface area contributed by atoms with Gasteiger partial charge in [0.1, 0.15) is 22.8 Å². The summed E-state index contributed by atoms with van der Waals surface area (Å²) < 4.78 is 15.8. The number of rotatable bonds is 6. The van der Waals surface area contributed by atoms with Gasteiger partial charge >= 0.3 is 0 Å². The molecule has 0 aromatic heterocycles. The van der Waals surface area contributed by atoms with Crippen molar-refractivity contribution in [1.29, 1.82) is 0 Å². The summed E-state index contributed by atoms with van der Waals surface area (Å²) in [7, 11) is 4.57. The van der Waals surface area contributed by atoms with Crippen molar-refractivity contribution < 1.29 is 19.0 Å². The van der Waals surface area contributed by atoms with Gasteiger partial charge in [-0.25, -0.2) is 0 Å². The van der Waals surface area contributed by atoms with Crippen LogP contribution >= 0.6 is 0 Å². The van der Waals surface area contributed by atoms with Crippen LogP contribution in [-0.4, -0.2) is 27.1 Å². The molecular weight excluding hydrogens is 292 g/mol. The maximum absolute atomic E-state index is 12.6. The van der Waals surface area contributed by atoms with Crippen molar-refractivity contribution in [1.82, 2.24) is 0 Å². The van der Waals surface area contributed by atoms with Crippen molar-refractivity contribution >= 4 is 11.9 Å². The standard InChI is InChI=1S/C19H20O4/c1-13-7-5-6-8-14(13)9-10-16(20)19-17(22-3)11-15(21-2)12-18(19)23-4/h5-12H,1-4H3. The molecule has 0 saturated heterocycles. The Balaban J connectivity index is 2.41. The second kappa shape index (κ2) is 7.49. The molecule has 0 aliphatic rings. The van der Waals surface area contributed by atoms with E-state index in [1.54, 1.807) is 25.3 Å². The van der Waals surface area contributed by atoms with Gasteiger partial charge < -0.3 is 14.2 Å². The predicted molar refractivity (Wildman–Crippen MR) is 90.6 cm³/mol. The highest BCUT2D eigenvalue weighted by molar-refractivity contribution is 6.10. The maximum Gasteiger partial charge on any atom is 0.193 e. The minimum absolute atomic E-state index is 0.190. The molecule has 2 aromatic rings. The van der Waals surface area contributed by atoms with Gasteiger partial charge in [0.15, 0.2) is 5.78 Å². The zero-order chi connectivity index (χ0) is 16.8. The summed E-state index contributed by atoms with van der Waals surface area (Å²) in [6.45, 7) is 2.00. The highest BCUT2D eigenvalue weighted by atomic mass is 16.5. The lowest BCUT2D eigenvalue weighted by Crippen LogP contribution is -2.03. The fourth-order valence-electron chi connectivity index (χ4n) is 2.27. The predicted octanol–water partition coefficient (Wildman–Crippen LogP) is 3.92. The molecular formula is C19H20O4. The third-order valence-electron chi connectivity index (χ3n) is 3.56. The van der Waals surface area contributed by atoms with E-state index in [4.69, 9.17) is 14.2 Å². The summed E-state index contributed by atoms with van der Waals surface area (Å²) in [4.78, 5) is 12.6. The SMILES string of the molecule is COc1cc(OC)c(C(=O)C=Cc2ccccc2C)c(OC)c1. The molecule has 2 aromatic carbocycles. The summed E-state index contributed by atoms with van der Waals surface area (Å²) in [6, 6.07) is 11.2. The number of allylic oxidation sites excluding steroid dienone is 1. The molecule has 0 saturated carbocycles. The lowest BCUT2D eigenvalue weighted by Gasteiger charge is -2.13. The van der Waals surface area contributed by atoms with Gasteiger partial charge in [0, 0.05) is 12.1 Å². The third kappa shape index (κ3) is 3.72. The molecule has 120 valence electrons. The molecule has 0 N–H and O–H groups in total. The van der Waals surface area contributed by atoms with Crippen molar-refractivity contribution in [2.45, 2.75) is 6.92 Å². The van der Waals surface area contributed by atoms with Gasteiger partial charge in [-0.15, -0.1) is 0 Å². The summed E-state index contributed by atoms with van der Waals surface area (Å²) >= 11 is 0. The molecule has 0 bridgehead atoms. The van der Waals surface area contributed by atoms with E-state index in [0.29, 0.717) is 22.8 Å².